The van der Waals surface area contributed by atoms with Crippen molar-refractivity contribution >= 4 is 11.7 Å². The lowest BCUT2D eigenvalue weighted by molar-refractivity contribution is -0.141. The van der Waals surface area contributed by atoms with Crippen molar-refractivity contribution < 1.29 is 14.6 Å². The van der Waals surface area contributed by atoms with Crippen molar-refractivity contribution in [3.8, 4) is 5.75 Å². The normalized spacial score (nSPS) is 18.4. The predicted molar refractivity (Wildman–Crippen MR) is 60.6 cm³/mol. The van der Waals surface area contributed by atoms with Gasteiger partial charge in [-0.05, 0) is 24.0 Å². The van der Waals surface area contributed by atoms with Gasteiger partial charge in [0.1, 0.15) is 5.75 Å². The molecule has 1 aromatic carbocycles. The van der Waals surface area contributed by atoms with Gasteiger partial charge in [-0.2, -0.15) is 0 Å². The van der Waals surface area contributed by atoms with Crippen molar-refractivity contribution in [2.75, 3.05) is 19.0 Å². The van der Waals surface area contributed by atoms with Crippen LogP contribution in [0.4, 0.5) is 5.69 Å². The Kier molecular flexibility index (Phi) is 2.99. The maximum absolute atomic E-state index is 11.3. The summed E-state index contributed by atoms with van der Waals surface area (Å²) in [5.74, 6) is 0.236. The molecular weight excluding hydrogens is 206 g/mol. The number of hydrogen-bond donors (Lipinski definition) is 2. The SMILES string of the molecule is COC(=O)CC1CCNc2cc(O)ccc21. The van der Waals surface area contributed by atoms with E-state index in [4.69, 9.17) is 0 Å². The molecule has 16 heavy (non-hydrogen) atoms. The van der Waals surface area contributed by atoms with Crippen molar-refractivity contribution in [3.63, 3.8) is 0 Å². The van der Waals surface area contributed by atoms with Gasteiger partial charge in [0.25, 0.3) is 0 Å². The van der Waals surface area contributed by atoms with Gasteiger partial charge in [0.05, 0.1) is 13.5 Å². The quantitative estimate of drug-likeness (QED) is 0.748. The van der Waals surface area contributed by atoms with E-state index in [1.165, 1.54) is 7.11 Å². The smallest absolute Gasteiger partial charge is 0.306 e. The van der Waals surface area contributed by atoms with E-state index in [-0.39, 0.29) is 17.6 Å². The largest absolute Gasteiger partial charge is 0.508 e. The van der Waals surface area contributed by atoms with Gasteiger partial charge in [0.15, 0.2) is 0 Å². The summed E-state index contributed by atoms with van der Waals surface area (Å²) in [6.45, 7) is 0.818. The van der Waals surface area contributed by atoms with E-state index in [2.05, 4.69) is 10.1 Å². The molecule has 2 rings (SSSR count). The topological polar surface area (TPSA) is 58.6 Å². The summed E-state index contributed by atoms with van der Waals surface area (Å²) in [6.07, 6.45) is 1.31. The van der Waals surface area contributed by atoms with E-state index in [1.807, 2.05) is 6.07 Å². The molecule has 1 heterocycles. The number of phenols is 1. The van der Waals surface area contributed by atoms with Crippen LogP contribution in [-0.2, 0) is 9.53 Å². The summed E-state index contributed by atoms with van der Waals surface area (Å²) in [6, 6.07) is 5.21. The lowest BCUT2D eigenvalue weighted by Gasteiger charge is -2.26. The van der Waals surface area contributed by atoms with Gasteiger partial charge in [0, 0.05) is 18.3 Å². The predicted octanol–water partition coefficient (Wildman–Crippen LogP) is 1.85. The fourth-order valence-electron chi connectivity index (χ4n) is 2.09. The van der Waals surface area contributed by atoms with E-state index < -0.39 is 0 Å². The number of benzene rings is 1. The molecule has 1 unspecified atom stereocenters. The molecule has 0 radical (unpaired) electrons. The van der Waals surface area contributed by atoms with Gasteiger partial charge in [-0.3, -0.25) is 4.79 Å². The number of carbonyl (C=O) groups excluding carboxylic acids is 1. The van der Waals surface area contributed by atoms with Gasteiger partial charge < -0.3 is 15.2 Å². The van der Waals surface area contributed by atoms with Crippen LogP contribution in [0.25, 0.3) is 0 Å². The molecule has 86 valence electrons. The molecule has 2 N–H and O–H groups in total. The zero-order valence-corrected chi connectivity index (χ0v) is 9.19. The molecule has 0 fully saturated rings. The van der Waals surface area contributed by atoms with Crippen molar-refractivity contribution in [1.82, 2.24) is 0 Å². The molecule has 1 aliphatic rings. The van der Waals surface area contributed by atoms with Crippen molar-refractivity contribution in [1.29, 1.82) is 0 Å². The molecule has 0 saturated heterocycles. The third-order valence-corrected chi connectivity index (χ3v) is 2.93. The minimum atomic E-state index is -0.189. The van der Waals surface area contributed by atoms with E-state index >= 15 is 0 Å². The number of aromatic hydroxyl groups is 1. The molecule has 0 aromatic heterocycles. The molecule has 0 amide bonds. The second-order valence-corrected chi connectivity index (χ2v) is 3.96. The first-order valence-electron chi connectivity index (χ1n) is 5.34. The highest BCUT2D eigenvalue weighted by molar-refractivity contribution is 5.71. The molecule has 0 aliphatic carbocycles. The summed E-state index contributed by atoms with van der Waals surface area (Å²) in [5, 5.41) is 12.6. The Balaban J connectivity index is 2.23. The van der Waals surface area contributed by atoms with E-state index in [9.17, 15) is 9.90 Å². The Morgan fingerprint density at radius 2 is 2.44 bits per heavy atom. The van der Waals surface area contributed by atoms with E-state index in [0.29, 0.717) is 6.42 Å². The van der Waals surface area contributed by atoms with Crippen LogP contribution < -0.4 is 5.32 Å². The Labute approximate surface area is 94.2 Å². The number of carbonyl (C=O) groups is 1. The minimum Gasteiger partial charge on any atom is -0.508 e. The molecule has 1 atom stereocenters. The summed E-state index contributed by atoms with van der Waals surface area (Å²) >= 11 is 0. The molecule has 0 saturated carbocycles. The molecule has 0 spiro atoms. The lowest BCUT2D eigenvalue weighted by Crippen LogP contribution is -2.19. The average Bonchev–Trinajstić information content (AvgIpc) is 2.28. The average molecular weight is 221 g/mol. The van der Waals surface area contributed by atoms with Crippen molar-refractivity contribution in [2.45, 2.75) is 18.8 Å². The zero-order valence-electron chi connectivity index (χ0n) is 9.19. The number of ether oxygens (including phenoxy) is 1. The van der Waals surface area contributed by atoms with Gasteiger partial charge in [0.2, 0.25) is 0 Å². The first-order valence-corrected chi connectivity index (χ1v) is 5.34. The van der Waals surface area contributed by atoms with Gasteiger partial charge in [-0.25, -0.2) is 0 Å². The first kappa shape index (κ1) is 10.8. The molecule has 4 heteroatoms. The standard InChI is InChI=1S/C12H15NO3/c1-16-12(15)6-8-4-5-13-11-7-9(14)2-3-10(8)11/h2-3,7-8,13-14H,4-6H2,1H3. The number of esters is 1. The monoisotopic (exact) mass is 221 g/mol. The third kappa shape index (κ3) is 2.10. The maximum Gasteiger partial charge on any atom is 0.306 e. The van der Waals surface area contributed by atoms with Gasteiger partial charge in [-0.1, -0.05) is 6.07 Å². The van der Waals surface area contributed by atoms with Gasteiger partial charge >= 0.3 is 5.97 Å². The number of phenolic OH excluding ortho intramolecular Hbond substituents is 1. The zero-order chi connectivity index (χ0) is 11.5. The van der Waals surface area contributed by atoms with Crippen LogP contribution in [0.15, 0.2) is 18.2 Å². The maximum atomic E-state index is 11.3. The lowest BCUT2D eigenvalue weighted by atomic mass is 9.88. The second-order valence-electron chi connectivity index (χ2n) is 3.96. The number of rotatable bonds is 2. The molecule has 4 nitrogen and oxygen atoms in total. The Morgan fingerprint density at radius 3 is 3.19 bits per heavy atom. The summed E-state index contributed by atoms with van der Waals surface area (Å²) in [7, 11) is 1.40. The number of nitrogens with one attached hydrogen (secondary N) is 1. The third-order valence-electron chi connectivity index (χ3n) is 2.93. The molecular formula is C12H15NO3. The minimum absolute atomic E-state index is 0.185. The fourth-order valence-corrected chi connectivity index (χ4v) is 2.09. The van der Waals surface area contributed by atoms with Gasteiger partial charge in [-0.15, -0.1) is 0 Å². The molecule has 0 bridgehead atoms. The van der Waals surface area contributed by atoms with Crippen LogP contribution in [0, 0.1) is 0 Å². The first-order chi connectivity index (χ1) is 7.70. The highest BCUT2D eigenvalue weighted by Crippen LogP contribution is 2.35. The van der Waals surface area contributed by atoms with Crippen LogP contribution in [0.1, 0.15) is 24.3 Å². The Hall–Kier alpha value is -1.71. The van der Waals surface area contributed by atoms with Crippen LogP contribution in [0.5, 0.6) is 5.75 Å². The number of methoxy groups -OCH3 is 1. The highest BCUT2D eigenvalue weighted by Gasteiger charge is 2.22. The van der Waals surface area contributed by atoms with E-state index in [1.54, 1.807) is 12.1 Å². The number of anilines is 1. The number of fused-ring (bicyclic) bond motifs is 1. The summed E-state index contributed by atoms with van der Waals surface area (Å²) in [5.41, 5.74) is 2.00. The summed E-state index contributed by atoms with van der Waals surface area (Å²) < 4.78 is 4.68. The van der Waals surface area contributed by atoms with Crippen molar-refractivity contribution in [3.05, 3.63) is 23.8 Å². The Bertz CT molecular complexity index is 403. The van der Waals surface area contributed by atoms with Crippen molar-refractivity contribution in [2.24, 2.45) is 0 Å². The van der Waals surface area contributed by atoms with Crippen LogP contribution in [-0.4, -0.2) is 24.7 Å². The molecule has 1 aliphatic heterocycles. The van der Waals surface area contributed by atoms with E-state index in [0.717, 1.165) is 24.2 Å². The number of hydrogen-bond acceptors (Lipinski definition) is 4. The highest BCUT2D eigenvalue weighted by atomic mass is 16.5. The van der Waals surface area contributed by atoms with Crippen LogP contribution in [0.3, 0.4) is 0 Å². The molecule has 1 aromatic rings. The Morgan fingerprint density at radius 1 is 1.62 bits per heavy atom. The van der Waals surface area contributed by atoms with Crippen LogP contribution >= 0.6 is 0 Å². The second kappa shape index (κ2) is 4.43. The fraction of sp³-hybridized carbons (Fsp3) is 0.417. The summed E-state index contributed by atoms with van der Waals surface area (Å²) in [4.78, 5) is 11.3. The van der Waals surface area contributed by atoms with Crippen LogP contribution in [0.2, 0.25) is 0 Å².